The smallest absolute Gasteiger partial charge is 0.192 e. The third-order valence-corrected chi connectivity index (χ3v) is 9.85. The predicted octanol–water partition coefficient (Wildman–Crippen LogP) is 10.2. The van der Waals surface area contributed by atoms with Crippen molar-refractivity contribution in [1.82, 2.24) is 4.57 Å². The third kappa shape index (κ3) is 3.85. The van der Waals surface area contributed by atoms with Crippen molar-refractivity contribution < 1.29 is 4.74 Å². The lowest BCUT2D eigenvalue weighted by Crippen LogP contribution is -2.40. The Labute approximate surface area is 273 Å². The Morgan fingerprint density at radius 2 is 1.13 bits per heavy atom. The maximum atomic E-state index is 13.5. The molecule has 1 spiro atoms. The van der Waals surface area contributed by atoms with Crippen molar-refractivity contribution in [3.8, 4) is 17.2 Å². The predicted molar refractivity (Wildman–Crippen MR) is 190 cm³/mol. The second-order valence-corrected chi connectivity index (χ2v) is 12.8. The Morgan fingerprint density at radius 3 is 1.74 bits per heavy atom. The van der Waals surface area contributed by atoms with Crippen LogP contribution in [-0.4, -0.2) is 4.57 Å². The second-order valence-electron chi connectivity index (χ2n) is 12.8. The Kier molecular flexibility index (Phi) is 5.88. The van der Waals surface area contributed by atoms with Crippen molar-refractivity contribution in [2.45, 2.75) is 26.2 Å². The van der Waals surface area contributed by atoms with Crippen LogP contribution in [0.4, 0.5) is 17.1 Å². The van der Waals surface area contributed by atoms with Crippen LogP contribution in [0.25, 0.3) is 16.6 Å². The molecule has 4 heteroatoms. The minimum atomic E-state index is -0.606. The molecule has 9 rings (SSSR count). The topological polar surface area (TPSA) is 34.5 Å². The zero-order valence-electron chi connectivity index (χ0n) is 26.5. The molecule has 0 N–H and O–H groups in total. The summed E-state index contributed by atoms with van der Waals surface area (Å²) in [6.45, 7) is 6.22. The molecule has 4 nitrogen and oxygen atoms in total. The monoisotopic (exact) mass is 608 g/mol. The molecule has 6 aromatic carbocycles. The number of ether oxygens (including phenoxy) is 1. The van der Waals surface area contributed by atoms with E-state index < -0.39 is 5.41 Å². The van der Waals surface area contributed by atoms with Gasteiger partial charge in [-0.05, 0) is 86.5 Å². The molecular formula is C43H32N2O2. The van der Waals surface area contributed by atoms with Crippen molar-refractivity contribution in [3.05, 3.63) is 189 Å². The van der Waals surface area contributed by atoms with E-state index in [1.807, 2.05) is 49.5 Å². The fourth-order valence-corrected chi connectivity index (χ4v) is 7.81. The molecule has 0 amide bonds. The summed E-state index contributed by atoms with van der Waals surface area (Å²) in [4.78, 5) is 15.8. The molecule has 3 heterocycles. The number of pyridine rings is 1. The number of para-hydroxylation sites is 3. The standard InChI is InChI=1S/C43H32N2O2/c1-27-17-21-37-35(23-27)43(33-13-7-9-15-40(33)47-41-16-10-8-14-34(41)43)36-24-28(2)18-22-38(36)45(37)31-19-20-32-39(25-31)44(26-29(3)42(32)46)30-11-5-4-6-12-30/h4-26H,1-3H3. The Morgan fingerprint density at radius 1 is 0.553 bits per heavy atom. The maximum absolute atomic E-state index is 13.5. The summed E-state index contributed by atoms with van der Waals surface area (Å²) in [5.74, 6) is 1.74. The van der Waals surface area contributed by atoms with E-state index in [-0.39, 0.29) is 5.43 Å². The lowest BCUT2D eigenvalue weighted by atomic mass is 9.61. The summed E-state index contributed by atoms with van der Waals surface area (Å²) in [5, 5.41) is 0.701. The second kappa shape index (κ2) is 10.1. The van der Waals surface area contributed by atoms with Gasteiger partial charge in [0.15, 0.2) is 5.43 Å². The number of hydrogen-bond acceptors (Lipinski definition) is 3. The number of anilines is 3. The first-order valence-corrected chi connectivity index (χ1v) is 16.1. The average Bonchev–Trinajstić information content (AvgIpc) is 3.10. The first-order valence-electron chi connectivity index (χ1n) is 16.1. The molecule has 0 radical (unpaired) electrons. The number of fused-ring (bicyclic) bond motifs is 9. The van der Waals surface area contributed by atoms with Crippen molar-refractivity contribution in [3.63, 3.8) is 0 Å². The molecule has 7 aromatic rings. The van der Waals surface area contributed by atoms with Gasteiger partial charge < -0.3 is 14.2 Å². The van der Waals surface area contributed by atoms with Gasteiger partial charge in [0.2, 0.25) is 0 Å². The van der Waals surface area contributed by atoms with Crippen molar-refractivity contribution in [2.75, 3.05) is 4.90 Å². The fraction of sp³-hybridized carbons (Fsp3) is 0.0930. The Hall–Kier alpha value is -5.87. The van der Waals surface area contributed by atoms with Gasteiger partial charge >= 0.3 is 0 Å². The summed E-state index contributed by atoms with van der Waals surface area (Å²) in [6, 6.07) is 47.0. The van der Waals surface area contributed by atoms with Gasteiger partial charge in [-0.3, -0.25) is 4.79 Å². The van der Waals surface area contributed by atoms with Crippen LogP contribution < -0.4 is 15.1 Å². The molecule has 226 valence electrons. The zero-order valence-corrected chi connectivity index (χ0v) is 26.5. The van der Waals surface area contributed by atoms with Crippen LogP contribution in [0.1, 0.15) is 38.9 Å². The van der Waals surface area contributed by atoms with Crippen LogP contribution in [0, 0.1) is 20.8 Å². The highest BCUT2D eigenvalue weighted by Gasteiger charge is 2.51. The third-order valence-electron chi connectivity index (χ3n) is 9.85. The first-order chi connectivity index (χ1) is 22.9. The molecule has 0 bridgehead atoms. The van der Waals surface area contributed by atoms with Crippen molar-refractivity contribution in [2.24, 2.45) is 0 Å². The van der Waals surface area contributed by atoms with Gasteiger partial charge in [-0.15, -0.1) is 0 Å². The molecule has 2 aliphatic heterocycles. The molecule has 2 aliphatic rings. The lowest BCUT2D eigenvalue weighted by Gasteiger charge is -2.48. The quantitative estimate of drug-likeness (QED) is 0.196. The lowest BCUT2D eigenvalue weighted by molar-refractivity contribution is 0.434. The highest BCUT2D eigenvalue weighted by atomic mass is 16.5. The van der Waals surface area contributed by atoms with E-state index in [1.54, 1.807) is 0 Å². The van der Waals surface area contributed by atoms with Gasteiger partial charge in [0.05, 0.1) is 22.3 Å². The van der Waals surface area contributed by atoms with E-state index in [4.69, 9.17) is 4.74 Å². The largest absolute Gasteiger partial charge is 0.457 e. The van der Waals surface area contributed by atoms with Gasteiger partial charge in [0.1, 0.15) is 11.5 Å². The minimum absolute atomic E-state index is 0.0544. The number of nitrogens with zero attached hydrogens (tertiary/aromatic N) is 2. The SMILES string of the molecule is Cc1ccc2c(c1)C1(c3ccccc3Oc3ccccc31)c1cc(C)ccc1N2c1ccc2c(=O)c(C)cn(-c3ccccc3)c2c1. The average molecular weight is 609 g/mol. The van der Waals surface area contributed by atoms with Crippen molar-refractivity contribution >= 4 is 28.0 Å². The number of rotatable bonds is 2. The normalized spacial score (nSPS) is 13.8. The van der Waals surface area contributed by atoms with Crippen molar-refractivity contribution in [1.29, 1.82) is 0 Å². The number of aryl methyl sites for hydroxylation is 3. The van der Waals surface area contributed by atoms with Crippen LogP contribution in [0.3, 0.4) is 0 Å². The summed E-state index contributed by atoms with van der Waals surface area (Å²) in [5.41, 5.74) is 12.3. The van der Waals surface area contributed by atoms with Crippen LogP contribution in [0.15, 0.2) is 144 Å². The van der Waals surface area contributed by atoms with E-state index in [0.717, 1.165) is 50.9 Å². The van der Waals surface area contributed by atoms with Gasteiger partial charge in [0, 0.05) is 39.6 Å². The molecule has 0 fully saturated rings. The van der Waals surface area contributed by atoms with E-state index in [0.29, 0.717) is 10.9 Å². The fourth-order valence-electron chi connectivity index (χ4n) is 7.81. The molecule has 0 saturated carbocycles. The molecular weight excluding hydrogens is 576 g/mol. The summed E-state index contributed by atoms with van der Waals surface area (Å²) >= 11 is 0. The Balaban J connectivity index is 1.40. The number of benzene rings is 6. The highest BCUT2D eigenvalue weighted by molar-refractivity contribution is 5.94. The molecule has 47 heavy (non-hydrogen) atoms. The summed E-state index contributed by atoms with van der Waals surface area (Å²) in [6.07, 6.45) is 1.96. The summed E-state index contributed by atoms with van der Waals surface area (Å²) < 4.78 is 8.72. The summed E-state index contributed by atoms with van der Waals surface area (Å²) in [7, 11) is 0. The van der Waals surface area contributed by atoms with E-state index in [9.17, 15) is 4.79 Å². The van der Waals surface area contributed by atoms with E-state index in [2.05, 4.69) is 120 Å². The Bertz CT molecular complexity index is 2360. The molecule has 0 unspecified atom stereocenters. The van der Waals surface area contributed by atoms with Gasteiger partial charge in [0.25, 0.3) is 0 Å². The van der Waals surface area contributed by atoms with Gasteiger partial charge in [-0.1, -0.05) is 90.0 Å². The van der Waals surface area contributed by atoms with E-state index in [1.165, 1.54) is 22.3 Å². The number of hydrogen-bond donors (Lipinski definition) is 0. The van der Waals surface area contributed by atoms with Gasteiger partial charge in [-0.25, -0.2) is 0 Å². The first kappa shape index (κ1) is 27.4. The van der Waals surface area contributed by atoms with Crippen LogP contribution in [0.2, 0.25) is 0 Å². The van der Waals surface area contributed by atoms with Crippen LogP contribution >= 0.6 is 0 Å². The molecule has 0 saturated heterocycles. The molecule has 0 atom stereocenters. The molecule has 0 aliphatic carbocycles. The highest BCUT2D eigenvalue weighted by Crippen LogP contribution is 2.63. The van der Waals surface area contributed by atoms with Crippen LogP contribution in [0.5, 0.6) is 11.5 Å². The zero-order chi connectivity index (χ0) is 31.9. The van der Waals surface area contributed by atoms with Gasteiger partial charge in [-0.2, -0.15) is 0 Å². The maximum Gasteiger partial charge on any atom is 0.192 e. The van der Waals surface area contributed by atoms with E-state index >= 15 is 0 Å². The van der Waals surface area contributed by atoms with Crippen LogP contribution in [-0.2, 0) is 5.41 Å². The number of aromatic nitrogens is 1. The minimum Gasteiger partial charge on any atom is -0.457 e. The molecule has 1 aromatic heterocycles.